The van der Waals surface area contributed by atoms with E-state index in [0.717, 1.165) is 19.3 Å². The first-order valence-corrected chi connectivity index (χ1v) is 6.88. The lowest BCUT2D eigenvalue weighted by Crippen LogP contribution is -2.59. The molecule has 3 rings (SSSR count). The topological polar surface area (TPSA) is 64.6 Å². The number of methoxy groups -OCH3 is 1. The van der Waals surface area contributed by atoms with Crippen LogP contribution in [0.15, 0.2) is 11.8 Å². The Morgan fingerprint density at radius 3 is 2.15 bits per heavy atom. The molecular weight excluding hydrogens is 258 g/mol. The van der Waals surface area contributed by atoms with E-state index in [1.807, 2.05) is 6.08 Å². The fraction of sp³-hybridized carbons (Fsp3) is 0.733. The van der Waals surface area contributed by atoms with Crippen molar-refractivity contribution in [3.05, 3.63) is 11.8 Å². The van der Waals surface area contributed by atoms with E-state index >= 15 is 0 Å². The first-order valence-electron chi connectivity index (χ1n) is 6.88. The van der Waals surface area contributed by atoms with Gasteiger partial charge in [-0.1, -0.05) is 6.92 Å². The molecule has 0 unspecified atom stereocenters. The fourth-order valence-electron chi connectivity index (χ4n) is 3.52. The zero-order valence-electron chi connectivity index (χ0n) is 12.8. The van der Waals surface area contributed by atoms with E-state index in [4.69, 9.17) is 9.47 Å². The molecule has 0 heterocycles. The maximum absolute atomic E-state index is 11.8. The molecule has 2 bridgehead atoms. The highest BCUT2D eigenvalue weighted by Gasteiger charge is 2.63. The van der Waals surface area contributed by atoms with Crippen LogP contribution >= 0.6 is 0 Å². The molecule has 112 valence electrons. The summed E-state index contributed by atoms with van der Waals surface area (Å²) in [5.41, 5.74) is 0.0787. The molecule has 5 heteroatoms. The van der Waals surface area contributed by atoms with Crippen molar-refractivity contribution in [1.29, 1.82) is 0 Å². The number of esters is 1. The van der Waals surface area contributed by atoms with Gasteiger partial charge in [0, 0.05) is 0 Å². The van der Waals surface area contributed by atoms with Gasteiger partial charge in [0.15, 0.2) is 0 Å². The van der Waals surface area contributed by atoms with E-state index < -0.39 is 17.7 Å². The number of carbonyl (C=O) groups excluding carboxylic acids is 2. The zero-order valence-corrected chi connectivity index (χ0v) is 12.8. The molecule has 0 saturated heterocycles. The quantitative estimate of drug-likeness (QED) is 0.638. The van der Waals surface area contributed by atoms with Gasteiger partial charge in [0.05, 0.1) is 7.11 Å². The fourth-order valence-corrected chi connectivity index (χ4v) is 3.52. The Hall–Kier alpha value is -1.52. The Labute approximate surface area is 119 Å². The summed E-state index contributed by atoms with van der Waals surface area (Å²) in [5, 5.41) is 2.51. The molecule has 1 N–H and O–H groups in total. The van der Waals surface area contributed by atoms with Crippen molar-refractivity contribution in [1.82, 2.24) is 5.32 Å². The molecule has 3 aliphatic carbocycles. The monoisotopic (exact) mass is 281 g/mol. The maximum Gasteiger partial charge on any atom is 0.412 e. The van der Waals surface area contributed by atoms with Gasteiger partial charge in [-0.15, -0.1) is 0 Å². The Balaban J connectivity index is 2.04. The predicted octanol–water partition coefficient (Wildman–Crippen LogP) is 2.76. The van der Waals surface area contributed by atoms with E-state index in [0.29, 0.717) is 5.41 Å². The SMILES string of the molecule is COC(=O)C(=CC12CC(C)(C1)C2)NC(=O)OC(C)(C)C. The van der Waals surface area contributed by atoms with E-state index in [1.54, 1.807) is 20.8 Å². The minimum absolute atomic E-state index is 0.0628. The van der Waals surface area contributed by atoms with Crippen LogP contribution in [0.1, 0.15) is 47.0 Å². The van der Waals surface area contributed by atoms with Crippen LogP contribution in [0.5, 0.6) is 0 Å². The molecule has 0 aromatic heterocycles. The highest BCUT2D eigenvalue weighted by Crippen LogP contribution is 2.73. The number of hydrogen-bond acceptors (Lipinski definition) is 4. The van der Waals surface area contributed by atoms with Gasteiger partial charge < -0.3 is 9.47 Å². The van der Waals surface area contributed by atoms with Crippen LogP contribution in [0.25, 0.3) is 0 Å². The Morgan fingerprint density at radius 1 is 1.20 bits per heavy atom. The van der Waals surface area contributed by atoms with E-state index in [1.165, 1.54) is 7.11 Å². The standard InChI is InChI=1S/C15H23NO4/c1-13(2,3)20-12(18)16-10(11(17)19-5)6-15-7-14(4,8-15)9-15/h6H,7-9H2,1-5H3,(H,16,18). The van der Waals surface area contributed by atoms with Gasteiger partial charge in [0.25, 0.3) is 0 Å². The molecule has 3 aliphatic rings. The molecule has 20 heavy (non-hydrogen) atoms. The van der Waals surface area contributed by atoms with Gasteiger partial charge in [-0.05, 0) is 56.9 Å². The molecule has 0 aromatic carbocycles. The van der Waals surface area contributed by atoms with Gasteiger partial charge >= 0.3 is 12.1 Å². The van der Waals surface area contributed by atoms with Crippen LogP contribution in [-0.4, -0.2) is 24.8 Å². The molecule has 3 fully saturated rings. The molecule has 0 radical (unpaired) electrons. The Morgan fingerprint density at radius 2 is 1.75 bits per heavy atom. The highest BCUT2D eigenvalue weighted by atomic mass is 16.6. The van der Waals surface area contributed by atoms with Gasteiger partial charge in [-0.2, -0.15) is 0 Å². The van der Waals surface area contributed by atoms with Gasteiger partial charge in [-0.25, -0.2) is 9.59 Å². The number of carbonyl (C=O) groups is 2. The average molecular weight is 281 g/mol. The summed E-state index contributed by atoms with van der Waals surface area (Å²) in [5.74, 6) is -0.536. The molecule has 0 spiro atoms. The maximum atomic E-state index is 11.8. The number of hydrogen-bond donors (Lipinski definition) is 1. The second-order valence-corrected chi connectivity index (χ2v) is 7.38. The summed E-state index contributed by atoms with van der Waals surface area (Å²) < 4.78 is 9.89. The number of allylic oxidation sites excluding steroid dienone is 1. The lowest BCUT2D eigenvalue weighted by atomic mass is 9.36. The minimum atomic E-state index is -0.632. The van der Waals surface area contributed by atoms with Crippen molar-refractivity contribution in [3.8, 4) is 0 Å². The molecular formula is C15H23NO4. The summed E-state index contributed by atoms with van der Waals surface area (Å²) in [4.78, 5) is 23.5. The van der Waals surface area contributed by atoms with Gasteiger partial charge in [0.1, 0.15) is 11.3 Å². The largest absolute Gasteiger partial charge is 0.464 e. The lowest BCUT2D eigenvalue weighted by molar-refractivity contribution is -0.156. The van der Waals surface area contributed by atoms with Crippen LogP contribution < -0.4 is 5.32 Å². The molecule has 3 saturated carbocycles. The molecule has 0 atom stereocenters. The third-order valence-electron chi connectivity index (χ3n) is 3.83. The summed E-state index contributed by atoms with van der Waals surface area (Å²) in [6, 6.07) is 0. The lowest BCUT2D eigenvalue weighted by Gasteiger charge is -2.68. The summed E-state index contributed by atoms with van der Waals surface area (Å²) in [6.45, 7) is 7.56. The second kappa shape index (κ2) is 4.50. The first kappa shape index (κ1) is 14.9. The Bertz CT molecular complexity index is 453. The van der Waals surface area contributed by atoms with Crippen molar-refractivity contribution in [2.75, 3.05) is 7.11 Å². The van der Waals surface area contributed by atoms with Crippen molar-refractivity contribution >= 4 is 12.1 Å². The molecule has 1 amide bonds. The predicted molar refractivity (Wildman–Crippen MR) is 73.9 cm³/mol. The zero-order chi connectivity index (χ0) is 15.2. The minimum Gasteiger partial charge on any atom is -0.464 e. The van der Waals surface area contributed by atoms with Crippen LogP contribution in [0.4, 0.5) is 4.79 Å². The van der Waals surface area contributed by atoms with Crippen LogP contribution in [0.3, 0.4) is 0 Å². The number of alkyl carbamates (subject to hydrolysis) is 1. The number of nitrogens with one attached hydrogen (secondary N) is 1. The summed E-state index contributed by atoms with van der Waals surface area (Å²) in [6.07, 6.45) is 4.41. The van der Waals surface area contributed by atoms with Crippen molar-refractivity contribution < 1.29 is 19.1 Å². The van der Waals surface area contributed by atoms with Crippen molar-refractivity contribution in [2.45, 2.75) is 52.6 Å². The van der Waals surface area contributed by atoms with Crippen LogP contribution in [0, 0.1) is 10.8 Å². The van der Waals surface area contributed by atoms with E-state index in [2.05, 4.69) is 12.2 Å². The highest BCUT2D eigenvalue weighted by molar-refractivity contribution is 5.92. The normalized spacial score (nSPS) is 31.8. The first-order chi connectivity index (χ1) is 9.06. The van der Waals surface area contributed by atoms with Gasteiger partial charge in [-0.3, -0.25) is 5.32 Å². The smallest absolute Gasteiger partial charge is 0.412 e. The molecule has 0 aromatic rings. The second-order valence-electron chi connectivity index (χ2n) is 7.38. The third kappa shape index (κ3) is 2.97. The molecule has 5 nitrogen and oxygen atoms in total. The van der Waals surface area contributed by atoms with E-state index in [9.17, 15) is 9.59 Å². The summed E-state index contributed by atoms with van der Waals surface area (Å²) >= 11 is 0. The van der Waals surface area contributed by atoms with Crippen molar-refractivity contribution in [3.63, 3.8) is 0 Å². The van der Waals surface area contributed by atoms with Crippen molar-refractivity contribution in [2.24, 2.45) is 10.8 Å². The Kier molecular flexibility index (Phi) is 3.35. The summed E-state index contributed by atoms with van der Waals surface area (Å²) in [7, 11) is 1.30. The van der Waals surface area contributed by atoms with E-state index in [-0.39, 0.29) is 11.1 Å². The average Bonchev–Trinajstić information content (AvgIpc) is 2.20. The van der Waals surface area contributed by atoms with Gasteiger partial charge in [0.2, 0.25) is 0 Å². The van der Waals surface area contributed by atoms with Crippen LogP contribution in [-0.2, 0) is 14.3 Å². The van der Waals surface area contributed by atoms with Crippen LogP contribution in [0.2, 0.25) is 0 Å². The number of amides is 1. The molecule has 0 aliphatic heterocycles. The number of rotatable bonds is 3. The number of ether oxygens (including phenoxy) is 2. The third-order valence-corrected chi connectivity index (χ3v) is 3.83.